The van der Waals surface area contributed by atoms with Crippen molar-refractivity contribution in [2.75, 3.05) is 11.1 Å². The van der Waals surface area contributed by atoms with E-state index >= 15 is 0 Å². The van der Waals surface area contributed by atoms with Crippen molar-refractivity contribution in [3.05, 3.63) is 65.5 Å². The van der Waals surface area contributed by atoms with Crippen molar-refractivity contribution in [2.45, 2.75) is 33.6 Å². The van der Waals surface area contributed by atoms with E-state index in [0.29, 0.717) is 29.1 Å². The number of rotatable bonds is 5. The van der Waals surface area contributed by atoms with Crippen LogP contribution in [-0.4, -0.2) is 9.97 Å². The lowest BCUT2D eigenvalue weighted by molar-refractivity contribution is 0.464. The van der Waals surface area contributed by atoms with E-state index in [4.69, 9.17) is 10.5 Å². The van der Waals surface area contributed by atoms with E-state index in [1.54, 1.807) is 0 Å². The smallest absolute Gasteiger partial charge is 0.248 e. The van der Waals surface area contributed by atoms with Gasteiger partial charge in [0.1, 0.15) is 17.8 Å². The second kappa shape index (κ2) is 7.44. The van der Waals surface area contributed by atoms with E-state index < -0.39 is 0 Å². The molecule has 0 fully saturated rings. The lowest BCUT2D eigenvalue weighted by Gasteiger charge is -2.13. The van der Waals surface area contributed by atoms with Crippen molar-refractivity contribution in [3.63, 3.8) is 0 Å². The minimum Gasteiger partial charge on any atom is -0.437 e. The van der Waals surface area contributed by atoms with Crippen LogP contribution in [0.25, 0.3) is 0 Å². The third-order valence-electron chi connectivity index (χ3n) is 4.10. The average Bonchev–Trinajstić information content (AvgIpc) is 2.58. The molecule has 0 radical (unpaired) electrons. The molecule has 26 heavy (non-hydrogen) atoms. The molecule has 0 aliphatic carbocycles. The Kier molecular flexibility index (Phi) is 5.07. The van der Waals surface area contributed by atoms with E-state index in [2.05, 4.69) is 47.3 Å². The molecule has 0 aliphatic heterocycles. The Morgan fingerprint density at radius 3 is 2.23 bits per heavy atom. The first-order valence-electron chi connectivity index (χ1n) is 8.66. The molecule has 3 N–H and O–H groups in total. The number of nitrogens with zero attached hydrogens (tertiary/aromatic N) is 2. The summed E-state index contributed by atoms with van der Waals surface area (Å²) < 4.78 is 5.88. The largest absolute Gasteiger partial charge is 0.437 e. The molecule has 0 spiro atoms. The predicted molar refractivity (Wildman–Crippen MR) is 106 cm³/mol. The van der Waals surface area contributed by atoms with Crippen LogP contribution in [-0.2, 0) is 0 Å². The highest BCUT2D eigenvalue weighted by atomic mass is 16.5. The van der Waals surface area contributed by atoms with Gasteiger partial charge in [-0.05, 0) is 60.7 Å². The molecule has 0 amide bonds. The fraction of sp³-hybridized carbons (Fsp3) is 0.238. The van der Waals surface area contributed by atoms with Crippen LogP contribution < -0.4 is 15.8 Å². The fourth-order valence-electron chi connectivity index (χ4n) is 2.75. The zero-order valence-corrected chi connectivity index (χ0v) is 15.6. The van der Waals surface area contributed by atoms with Gasteiger partial charge in [-0.2, -0.15) is 4.98 Å². The third kappa shape index (κ3) is 4.11. The minimum atomic E-state index is 0.339. The molecule has 0 saturated heterocycles. The van der Waals surface area contributed by atoms with E-state index in [-0.39, 0.29) is 0 Å². The zero-order valence-electron chi connectivity index (χ0n) is 15.6. The molecule has 2 aromatic carbocycles. The molecule has 0 atom stereocenters. The Bertz CT molecular complexity index is 884. The number of nitrogens with one attached hydrogen (secondary N) is 1. The maximum atomic E-state index is 6.22. The van der Waals surface area contributed by atoms with Crippen molar-refractivity contribution in [3.8, 4) is 11.6 Å². The van der Waals surface area contributed by atoms with Gasteiger partial charge in [-0.15, -0.1) is 0 Å². The van der Waals surface area contributed by atoms with Crippen LogP contribution in [0.15, 0.2) is 48.8 Å². The van der Waals surface area contributed by atoms with Gasteiger partial charge in [0, 0.05) is 5.69 Å². The fourth-order valence-corrected chi connectivity index (χ4v) is 2.75. The lowest BCUT2D eigenvalue weighted by atomic mass is 10.0. The summed E-state index contributed by atoms with van der Waals surface area (Å²) >= 11 is 0. The van der Waals surface area contributed by atoms with Crippen LogP contribution in [0.5, 0.6) is 11.6 Å². The molecule has 5 nitrogen and oxygen atoms in total. The Morgan fingerprint density at radius 1 is 0.962 bits per heavy atom. The van der Waals surface area contributed by atoms with Gasteiger partial charge in [0.15, 0.2) is 5.82 Å². The summed E-state index contributed by atoms with van der Waals surface area (Å²) in [4.78, 5) is 8.42. The first kappa shape index (κ1) is 17.7. The summed E-state index contributed by atoms with van der Waals surface area (Å²) in [5.74, 6) is 2.06. The molecular formula is C21H24N4O. The highest BCUT2D eigenvalue weighted by molar-refractivity contribution is 5.72. The Hall–Kier alpha value is -3.08. The molecule has 3 aromatic rings. The highest BCUT2D eigenvalue weighted by Crippen LogP contribution is 2.31. The van der Waals surface area contributed by atoms with Crippen molar-refractivity contribution in [1.29, 1.82) is 0 Å². The number of hydrogen-bond donors (Lipinski definition) is 2. The summed E-state index contributed by atoms with van der Waals surface area (Å²) in [7, 11) is 0. The molecule has 1 heterocycles. The van der Waals surface area contributed by atoms with Crippen LogP contribution in [0.2, 0.25) is 0 Å². The van der Waals surface area contributed by atoms with Crippen LogP contribution in [0.1, 0.15) is 36.5 Å². The van der Waals surface area contributed by atoms with Crippen molar-refractivity contribution in [2.24, 2.45) is 0 Å². The van der Waals surface area contributed by atoms with Gasteiger partial charge in [0.05, 0.1) is 0 Å². The lowest BCUT2D eigenvalue weighted by Crippen LogP contribution is -2.03. The van der Waals surface area contributed by atoms with Crippen LogP contribution >= 0.6 is 0 Å². The summed E-state index contributed by atoms with van der Waals surface area (Å²) in [6, 6.07) is 14.2. The van der Waals surface area contributed by atoms with Gasteiger partial charge >= 0.3 is 0 Å². The number of nitrogen functional groups attached to an aromatic ring is 1. The van der Waals surface area contributed by atoms with Crippen LogP contribution in [0, 0.1) is 13.8 Å². The third-order valence-corrected chi connectivity index (χ3v) is 4.10. The quantitative estimate of drug-likeness (QED) is 0.651. The average molecular weight is 348 g/mol. The number of nitrogens with two attached hydrogens (primary N) is 1. The number of benzene rings is 2. The molecule has 0 saturated carbocycles. The first-order chi connectivity index (χ1) is 12.4. The second-order valence-electron chi connectivity index (χ2n) is 6.77. The number of anilines is 3. The van der Waals surface area contributed by atoms with E-state index in [1.165, 1.54) is 11.9 Å². The first-order valence-corrected chi connectivity index (χ1v) is 8.66. The van der Waals surface area contributed by atoms with Gasteiger partial charge in [-0.25, -0.2) is 4.98 Å². The van der Waals surface area contributed by atoms with Gasteiger partial charge in [-0.1, -0.05) is 32.0 Å². The number of aromatic nitrogens is 2. The monoisotopic (exact) mass is 348 g/mol. The Labute approximate surface area is 154 Å². The van der Waals surface area contributed by atoms with Gasteiger partial charge in [0.25, 0.3) is 0 Å². The summed E-state index contributed by atoms with van der Waals surface area (Å²) in [5, 5.41) is 3.23. The molecule has 5 heteroatoms. The molecule has 1 aromatic heterocycles. The molecule has 134 valence electrons. The van der Waals surface area contributed by atoms with Crippen LogP contribution in [0.3, 0.4) is 0 Å². The molecule has 3 rings (SSSR count). The van der Waals surface area contributed by atoms with Gasteiger partial charge in [0.2, 0.25) is 5.88 Å². The van der Waals surface area contributed by atoms with Crippen molar-refractivity contribution >= 4 is 17.2 Å². The number of hydrogen-bond acceptors (Lipinski definition) is 5. The van der Waals surface area contributed by atoms with Gasteiger partial charge in [-0.3, -0.25) is 0 Å². The SMILES string of the molecule is Cc1cc(C)cc(Oc2ncnc(Nc3ccc(C(C)C)cc3)c2N)c1. The summed E-state index contributed by atoms with van der Waals surface area (Å²) in [5.41, 5.74) is 11.0. The topological polar surface area (TPSA) is 73.1 Å². The molecule has 0 aliphatic rings. The van der Waals surface area contributed by atoms with Gasteiger partial charge < -0.3 is 15.8 Å². The maximum absolute atomic E-state index is 6.22. The van der Waals surface area contributed by atoms with Crippen molar-refractivity contribution < 1.29 is 4.74 Å². The number of aryl methyl sites for hydroxylation is 2. The minimum absolute atomic E-state index is 0.339. The van der Waals surface area contributed by atoms with Crippen molar-refractivity contribution in [1.82, 2.24) is 9.97 Å². The Morgan fingerprint density at radius 2 is 1.62 bits per heavy atom. The molecular weight excluding hydrogens is 324 g/mol. The molecule has 0 unspecified atom stereocenters. The highest BCUT2D eigenvalue weighted by Gasteiger charge is 2.11. The maximum Gasteiger partial charge on any atom is 0.248 e. The second-order valence-corrected chi connectivity index (χ2v) is 6.77. The normalized spacial score (nSPS) is 10.8. The van der Waals surface area contributed by atoms with Crippen LogP contribution in [0.4, 0.5) is 17.2 Å². The number of ether oxygens (including phenoxy) is 1. The summed E-state index contributed by atoms with van der Waals surface area (Å²) in [6.45, 7) is 8.39. The van der Waals surface area contributed by atoms with E-state index in [0.717, 1.165) is 16.8 Å². The van der Waals surface area contributed by atoms with E-state index in [1.807, 2.05) is 38.1 Å². The zero-order chi connectivity index (χ0) is 18.7. The predicted octanol–water partition coefficient (Wildman–Crippen LogP) is 5.33. The van der Waals surface area contributed by atoms with E-state index in [9.17, 15) is 0 Å². The summed E-state index contributed by atoms with van der Waals surface area (Å²) in [6.07, 6.45) is 1.44. The standard InChI is InChI=1S/C21H24N4O/c1-13(2)16-5-7-17(8-6-16)25-20-19(22)21(24-12-23-20)26-18-10-14(3)9-15(4)11-18/h5-13H,22H2,1-4H3,(H,23,24,25). The Balaban J connectivity index is 1.82. The molecule has 0 bridgehead atoms.